The lowest BCUT2D eigenvalue weighted by Crippen LogP contribution is -2.41. The molecule has 1 aliphatic rings. The van der Waals surface area contributed by atoms with E-state index in [4.69, 9.17) is 21.1 Å². The highest BCUT2D eigenvalue weighted by atomic mass is 35.5. The second kappa shape index (κ2) is 8.36. The van der Waals surface area contributed by atoms with Gasteiger partial charge < -0.3 is 14.4 Å². The average Bonchev–Trinajstić information content (AvgIpc) is 2.77. The zero-order valence-corrected chi connectivity index (χ0v) is 17.4. The zero-order valence-electron chi connectivity index (χ0n) is 16.7. The molecule has 0 aliphatic carbocycles. The molecule has 0 unspecified atom stereocenters. The summed E-state index contributed by atoms with van der Waals surface area (Å²) in [6.45, 7) is 0.437. The molecule has 1 amide bonds. The fourth-order valence-corrected chi connectivity index (χ4v) is 4.19. The van der Waals surface area contributed by atoms with Crippen molar-refractivity contribution in [1.82, 2.24) is 4.90 Å². The molecule has 3 aromatic carbocycles. The van der Waals surface area contributed by atoms with E-state index in [1.807, 2.05) is 30.3 Å². The molecule has 4 nitrogen and oxygen atoms in total. The van der Waals surface area contributed by atoms with Crippen LogP contribution in [0.5, 0.6) is 11.5 Å². The lowest BCUT2D eigenvalue weighted by Gasteiger charge is -2.38. The van der Waals surface area contributed by atoms with Crippen LogP contribution in [0, 0.1) is 5.82 Å². The van der Waals surface area contributed by atoms with Gasteiger partial charge in [0.2, 0.25) is 0 Å². The Balaban J connectivity index is 1.88. The molecule has 0 saturated carbocycles. The Labute approximate surface area is 179 Å². The largest absolute Gasteiger partial charge is 0.493 e. The van der Waals surface area contributed by atoms with Gasteiger partial charge in [0.15, 0.2) is 11.5 Å². The number of nitrogens with zero attached hydrogens (tertiary/aromatic N) is 1. The van der Waals surface area contributed by atoms with E-state index in [9.17, 15) is 9.18 Å². The summed E-state index contributed by atoms with van der Waals surface area (Å²) in [7, 11) is 3.17. The fourth-order valence-electron chi connectivity index (χ4n) is 3.99. The molecule has 6 heteroatoms. The molecule has 3 aromatic rings. The quantitative estimate of drug-likeness (QED) is 0.570. The first-order chi connectivity index (χ1) is 14.5. The summed E-state index contributed by atoms with van der Waals surface area (Å²) in [5.41, 5.74) is 2.86. The van der Waals surface area contributed by atoms with E-state index in [2.05, 4.69) is 0 Å². The Morgan fingerprint density at radius 1 is 1.03 bits per heavy atom. The number of benzene rings is 3. The zero-order chi connectivity index (χ0) is 21.3. The third-order valence-corrected chi connectivity index (χ3v) is 5.64. The molecule has 0 N–H and O–H groups in total. The number of methoxy groups -OCH3 is 2. The van der Waals surface area contributed by atoms with Gasteiger partial charge in [-0.15, -0.1) is 0 Å². The molecule has 0 spiro atoms. The summed E-state index contributed by atoms with van der Waals surface area (Å²) in [5.74, 6) is 0.308. The Kier molecular flexibility index (Phi) is 5.64. The predicted octanol–water partition coefficient (Wildman–Crippen LogP) is 5.28. The number of rotatable bonds is 4. The molecule has 0 bridgehead atoms. The minimum absolute atomic E-state index is 0.0495. The van der Waals surface area contributed by atoms with E-state index in [1.54, 1.807) is 37.3 Å². The van der Waals surface area contributed by atoms with Crippen molar-refractivity contribution in [1.29, 1.82) is 0 Å². The molecular weight excluding hydrogens is 405 g/mol. The molecule has 0 aromatic heterocycles. The molecule has 154 valence electrons. The molecule has 0 radical (unpaired) electrons. The van der Waals surface area contributed by atoms with Gasteiger partial charge in [0.25, 0.3) is 5.91 Å². The number of ether oxygens (including phenoxy) is 2. The first kappa shape index (κ1) is 20.2. The molecule has 30 heavy (non-hydrogen) atoms. The number of carbonyl (C=O) groups is 1. The first-order valence-corrected chi connectivity index (χ1v) is 9.97. The van der Waals surface area contributed by atoms with E-state index < -0.39 is 11.9 Å². The molecule has 0 saturated heterocycles. The highest BCUT2D eigenvalue weighted by Crippen LogP contribution is 2.42. The van der Waals surface area contributed by atoms with Crippen molar-refractivity contribution in [3.8, 4) is 11.5 Å². The third kappa shape index (κ3) is 3.61. The number of fused-ring (bicyclic) bond motifs is 1. The first-order valence-electron chi connectivity index (χ1n) is 9.59. The summed E-state index contributed by atoms with van der Waals surface area (Å²) < 4.78 is 25.3. The maximum atomic E-state index is 14.4. The van der Waals surface area contributed by atoms with Crippen LogP contribution in [-0.4, -0.2) is 31.6 Å². The van der Waals surface area contributed by atoms with Crippen LogP contribution in [0.3, 0.4) is 0 Å². The van der Waals surface area contributed by atoms with E-state index >= 15 is 0 Å². The van der Waals surface area contributed by atoms with E-state index in [1.165, 1.54) is 12.1 Å². The SMILES string of the molecule is COc1cc2c(cc1OC)[C@@H](c1cccc(Cl)c1)N(C(=O)c1ccccc1F)CC2. The van der Waals surface area contributed by atoms with Gasteiger partial charge in [-0.3, -0.25) is 4.79 Å². The topological polar surface area (TPSA) is 38.8 Å². The number of amides is 1. The minimum Gasteiger partial charge on any atom is -0.493 e. The van der Waals surface area contributed by atoms with Gasteiger partial charge in [-0.2, -0.15) is 0 Å². The minimum atomic E-state index is -0.537. The van der Waals surface area contributed by atoms with Crippen LogP contribution in [0.1, 0.15) is 33.1 Å². The van der Waals surface area contributed by atoms with Crippen LogP contribution in [0.15, 0.2) is 60.7 Å². The molecule has 1 heterocycles. The summed E-state index contributed by atoms with van der Waals surface area (Å²) in [6.07, 6.45) is 0.618. The van der Waals surface area contributed by atoms with Crippen molar-refractivity contribution in [2.24, 2.45) is 0 Å². The van der Waals surface area contributed by atoms with E-state index in [-0.39, 0.29) is 11.5 Å². The Hall–Kier alpha value is -3.05. The molecular formula is C24H21ClFNO3. The van der Waals surface area contributed by atoms with Gasteiger partial charge in [0.1, 0.15) is 5.82 Å². The van der Waals surface area contributed by atoms with Gasteiger partial charge >= 0.3 is 0 Å². The van der Waals surface area contributed by atoms with Crippen molar-refractivity contribution >= 4 is 17.5 Å². The maximum Gasteiger partial charge on any atom is 0.257 e. The van der Waals surface area contributed by atoms with Gasteiger partial charge in [-0.25, -0.2) is 4.39 Å². The maximum absolute atomic E-state index is 14.4. The Bertz CT molecular complexity index is 1100. The van der Waals surface area contributed by atoms with Gasteiger partial charge in [-0.1, -0.05) is 35.9 Å². The molecule has 1 atom stereocenters. The van der Waals surface area contributed by atoms with Crippen LogP contribution in [0.25, 0.3) is 0 Å². The third-order valence-electron chi connectivity index (χ3n) is 5.40. The van der Waals surface area contributed by atoms with E-state index in [0.717, 1.165) is 16.7 Å². The number of hydrogen-bond donors (Lipinski definition) is 0. The summed E-state index contributed by atoms with van der Waals surface area (Å²) in [5, 5.41) is 0.568. The van der Waals surface area contributed by atoms with Crippen LogP contribution >= 0.6 is 11.6 Å². The van der Waals surface area contributed by atoms with Crippen molar-refractivity contribution in [3.05, 3.63) is 93.8 Å². The summed E-state index contributed by atoms with van der Waals surface area (Å²) in [6, 6.07) is 16.8. The van der Waals surface area contributed by atoms with Crippen molar-refractivity contribution in [3.63, 3.8) is 0 Å². The standard InChI is InChI=1S/C24H21ClFNO3/c1-29-21-13-15-10-11-27(24(28)18-8-3-4-9-20(18)26)23(19(15)14-22(21)30-2)16-6-5-7-17(25)12-16/h3-9,12-14,23H,10-11H2,1-2H3/t23-/m1/s1. The molecule has 0 fully saturated rings. The Morgan fingerprint density at radius 2 is 1.77 bits per heavy atom. The Morgan fingerprint density at radius 3 is 2.47 bits per heavy atom. The van der Waals surface area contributed by atoms with Gasteiger partial charge in [-0.05, 0) is 59.5 Å². The van der Waals surface area contributed by atoms with Gasteiger partial charge in [0.05, 0.1) is 25.8 Å². The highest BCUT2D eigenvalue weighted by molar-refractivity contribution is 6.30. The predicted molar refractivity (Wildman–Crippen MR) is 114 cm³/mol. The van der Waals surface area contributed by atoms with Crippen LogP contribution in [-0.2, 0) is 6.42 Å². The van der Waals surface area contributed by atoms with Crippen LogP contribution in [0.4, 0.5) is 4.39 Å². The highest BCUT2D eigenvalue weighted by Gasteiger charge is 2.34. The average molecular weight is 426 g/mol. The monoisotopic (exact) mass is 425 g/mol. The number of halogens is 2. The number of carbonyl (C=O) groups excluding carboxylic acids is 1. The smallest absolute Gasteiger partial charge is 0.257 e. The second-order valence-electron chi connectivity index (χ2n) is 7.09. The van der Waals surface area contributed by atoms with Gasteiger partial charge in [0, 0.05) is 11.6 Å². The summed E-state index contributed by atoms with van der Waals surface area (Å²) >= 11 is 6.26. The molecule has 1 aliphatic heterocycles. The molecule has 4 rings (SSSR count). The fraction of sp³-hybridized carbons (Fsp3) is 0.208. The van der Waals surface area contributed by atoms with E-state index in [0.29, 0.717) is 29.5 Å². The summed E-state index contributed by atoms with van der Waals surface area (Å²) in [4.78, 5) is 15.1. The lowest BCUT2D eigenvalue weighted by molar-refractivity contribution is 0.0689. The number of hydrogen-bond acceptors (Lipinski definition) is 3. The van der Waals surface area contributed by atoms with Crippen LogP contribution < -0.4 is 9.47 Å². The van der Waals surface area contributed by atoms with Crippen molar-refractivity contribution < 1.29 is 18.7 Å². The normalized spacial score (nSPS) is 15.5. The second-order valence-corrected chi connectivity index (χ2v) is 7.53. The van der Waals surface area contributed by atoms with Crippen molar-refractivity contribution in [2.75, 3.05) is 20.8 Å². The lowest BCUT2D eigenvalue weighted by atomic mass is 9.87. The van der Waals surface area contributed by atoms with Crippen molar-refractivity contribution in [2.45, 2.75) is 12.5 Å². The van der Waals surface area contributed by atoms with Crippen LogP contribution in [0.2, 0.25) is 5.02 Å².